The third-order valence-corrected chi connectivity index (χ3v) is 2.18. The molecule has 5 heteroatoms. The lowest BCUT2D eigenvalue weighted by atomic mass is 10.1. The first kappa shape index (κ1) is 10.4. The van der Waals surface area contributed by atoms with Gasteiger partial charge >= 0.3 is 5.97 Å². The first-order valence-corrected chi connectivity index (χ1v) is 4.66. The van der Waals surface area contributed by atoms with E-state index >= 15 is 0 Å². The smallest absolute Gasteiger partial charge is 0.332 e. The van der Waals surface area contributed by atoms with Crippen LogP contribution in [-0.4, -0.2) is 19.9 Å². The number of hydrogen-bond acceptors (Lipinski definition) is 5. The first-order valence-electron chi connectivity index (χ1n) is 4.66. The summed E-state index contributed by atoms with van der Waals surface area (Å²) in [4.78, 5) is 11.0. The number of carbonyl (C=O) groups is 1. The predicted molar refractivity (Wildman–Crippen MR) is 56.7 cm³/mol. The number of hydrogen-bond donors (Lipinski definition) is 1. The van der Waals surface area contributed by atoms with Crippen LogP contribution in [0, 0.1) is 0 Å². The molecule has 1 aromatic carbocycles. The molecule has 0 spiro atoms. The SMILES string of the molecule is COC(=O)C=C(N)c1ccc2c(c1)OCO2. The van der Waals surface area contributed by atoms with Gasteiger partial charge in [0.15, 0.2) is 11.5 Å². The normalized spacial score (nSPS) is 13.7. The van der Waals surface area contributed by atoms with Crippen LogP contribution in [0.1, 0.15) is 5.56 Å². The van der Waals surface area contributed by atoms with Crippen LogP contribution in [0.2, 0.25) is 0 Å². The van der Waals surface area contributed by atoms with Crippen LogP contribution in [0.3, 0.4) is 0 Å². The van der Waals surface area contributed by atoms with Crippen molar-refractivity contribution in [3.05, 3.63) is 29.8 Å². The molecule has 16 heavy (non-hydrogen) atoms. The molecule has 1 aromatic rings. The van der Waals surface area contributed by atoms with Gasteiger partial charge in [0.1, 0.15) is 0 Å². The lowest BCUT2D eigenvalue weighted by molar-refractivity contribution is -0.134. The molecule has 5 nitrogen and oxygen atoms in total. The van der Waals surface area contributed by atoms with Crippen LogP contribution < -0.4 is 15.2 Å². The monoisotopic (exact) mass is 221 g/mol. The minimum Gasteiger partial charge on any atom is -0.466 e. The molecule has 0 aliphatic carbocycles. The van der Waals surface area contributed by atoms with Crippen LogP contribution >= 0.6 is 0 Å². The van der Waals surface area contributed by atoms with Crippen LogP contribution in [0.25, 0.3) is 5.70 Å². The van der Waals surface area contributed by atoms with Crippen molar-refractivity contribution in [3.63, 3.8) is 0 Å². The number of benzene rings is 1. The molecule has 0 saturated heterocycles. The van der Waals surface area contributed by atoms with E-state index in [1.165, 1.54) is 13.2 Å². The highest BCUT2D eigenvalue weighted by atomic mass is 16.7. The maximum Gasteiger partial charge on any atom is 0.332 e. The van der Waals surface area contributed by atoms with E-state index < -0.39 is 5.97 Å². The molecule has 0 saturated carbocycles. The van der Waals surface area contributed by atoms with E-state index in [1.54, 1.807) is 18.2 Å². The largest absolute Gasteiger partial charge is 0.466 e. The highest BCUT2D eigenvalue weighted by Crippen LogP contribution is 2.33. The van der Waals surface area contributed by atoms with Crippen molar-refractivity contribution in [1.29, 1.82) is 0 Å². The maximum atomic E-state index is 11.0. The Hall–Kier alpha value is -2.17. The highest BCUT2D eigenvalue weighted by molar-refractivity contribution is 5.90. The predicted octanol–water partition coefficient (Wildman–Crippen LogP) is 0.888. The van der Waals surface area contributed by atoms with Gasteiger partial charge in [0.05, 0.1) is 7.11 Å². The molecule has 0 aromatic heterocycles. The molecule has 1 aliphatic heterocycles. The Morgan fingerprint density at radius 2 is 2.19 bits per heavy atom. The summed E-state index contributed by atoms with van der Waals surface area (Å²) in [5.74, 6) is 0.809. The second-order valence-corrected chi connectivity index (χ2v) is 3.19. The molecular weight excluding hydrogens is 210 g/mol. The second-order valence-electron chi connectivity index (χ2n) is 3.19. The third kappa shape index (κ3) is 1.93. The summed E-state index contributed by atoms with van der Waals surface area (Å²) in [6.07, 6.45) is 1.22. The Kier molecular flexibility index (Phi) is 2.68. The summed E-state index contributed by atoms with van der Waals surface area (Å²) in [6, 6.07) is 5.22. The van der Waals surface area contributed by atoms with E-state index in [9.17, 15) is 4.79 Å². The first-order chi connectivity index (χ1) is 7.70. The Morgan fingerprint density at radius 3 is 2.94 bits per heavy atom. The maximum absolute atomic E-state index is 11.0. The van der Waals surface area contributed by atoms with Gasteiger partial charge < -0.3 is 19.9 Å². The average molecular weight is 221 g/mol. The molecule has 0 bridgehead atoms. The summed E-state index contributed by atoms with van der Waals surface area (Å²) in [7, 11) is 1.30. The Morgan fingerprint density at radius 1 is 1.44 bits per heavy atom. The molecule has 84 valence electrons. The van der Waals surface area contributed by atoms with Gasteiger partial charge in [0.2, 0.25) is 6.79 Å². The molecule has 0 amide bonds. The molecule has 0 atom stereocenters. The van der Waals surface area contributed by atoms with Crippen molar-refractivity contribution in [2.24, 2.45) is 5.73 Å². The van der Waals surface area contributed by atoms with Crippen LogP contribution in [0.5, 0.6) is 11.5 Å². The zero-order valence-corrected chi connectivity index (χ0v) is 8.73. The number of nitrogens with two attached hydrogens (primary N) is 1. The Labute approximate surface area is 92.4 Å². The molecule has 2 rings (SSSR count). The van der Waals surface area contributed by atoms with Gasteiger partial charge in [-0.1, -0.05) is 0 Å². The number of rotatable bonds is 2. The van der Waals surface area contributed by atoms with Crippen LogP contribution in [0.4, 0.5) is 0 Å². The topological polar surface area (TPSA) is 70.8 Å². The van der Waals surface area contributed by atoms with Crippen molar-refractivity contribution in [2.75, 3.05) is 13.9 Å². The molecule has 0 radical (unpaired) electrons. The van der Waals surface area contributed by atoms with Gasteiger partial charge in [0, 0.05) is 17.3 Å². The fourth-order valence-electron chi connectivity index (χ4n) is 1.35. The van der Waals surface area contributed by atoms with Gasteiger partial charge in [-0.15, -0.1) is 0 Å². The van der Waals surface area contributed by atoms with Crippen LogP contribution in [-0.2, 0) is 9.53 Å². The highest BCUT2D eigenvalue weighted by Gasteiger charge is 2.14. The summed E-state index contributed by atoms with van der Waals surface area (Å²) >= 11 is 0. The molecular formula is C11H11NO4. The Balaban J connectivity index is 2.28. The van der Waals surface area contributed by atoms with E-state index in [2.05, 4.69) is 4.74 Å². The quantitative estimate of drug-likeness (QED) is 0.593. The van der Waals surface area contributed by atoms with E-state index in [4.69, 9.17) is 15.2 Å². The molecule has 0 fully saturated rings. The second kappa shape index (κ2) is 4.14. The van der Waals surface area contributed by atoms with Crippen molar-refractivity contribution in [2.45, 2.75) is 0 Å². The lowest BCUT2D eigenvalue weighted by Gasteiger charge is -2.02. The summed E-state index contributed by atoms with van der Waals surface area (Å²) in [5, 5.41) is 0. The van der Waals surface area contributed by atoms with E-state index in [-0.39, 0.29) is 6.79 Å². The van der Waals surface area contributed by atoms with Gasteiger partial charge in [0.25, 0.3) is 0 Å². The fourth-order valence-corrected chi connectivity index (χ4v) is 1.35. The van der Waals surface area contributed by atoms with E-state index in [1.807, 2.05) is 0 Å². The zero-order valence-electron chi connectivity index (χ0n) is 8.73. The van der Waals surface area contributed by atoms with Crippen molar-refractivity contribution >= 4 is 11.7 Å². The number of ether oxygens (including phenoxy) is 3. The average Bonchev–Trinajstić information content (AvgIpc) is 2.75. The molecule has 2 N–H and O–H groups in total. The number of esters is 1. The van der Waals surface area contributed by atoms with Crippen LogP contribution in [0.15, 0.2) is 24.3 Å². The Bertz CT molecular complexity index is 453. The number of fused-ring (bicyclic) bond motifs is 1. The van der Waals surface area contributed by atoms with E-state index in [0.717, 1.165) is 0 Å². The van der Waals surface area contributed by atoms with Crippen molar-refractivity contribution in [1.82, 2.24) is 0 Å². The van der Waals surface area contributed by atoms with Crippen molar-refractivity contribution < 1.29 is 19.0 Å². The summed E-state index contributed by atoms with van der Waals surface area (Å²) in [5.41, 5.74) is 6.74. The lowest BCUT2D eigenvalue weighted by Crippen LogP contribution is -2.02. The standard InChI is InChI=1S/C11H11NO4/c1-14-11(13)5-8(12)7-2-3-9-10(4-7)16-6-15-9/h2-5H,6,12H2,1H3. The third-order valence-electron chi connectivity index (χ3n) is 2.18. The van der Waals surface area contributed by atoms with Gasteiger partial charge in [-0.25, -0.2) is 4.79 Å². The molecule has 1 aliphatic rings. The van der Waals surface area contributed by atoms with Gasteiger partial charge in [-0.3, -0.25) is 0 Å². The summed E-state index contributed by atoms with van der Waals surface area (Å²) in [6.45, 7) is 0.208. The van der Waals surface area contributed by atoms with Gasteiger partial charge in [-0.2, -0.15) is 0 Å². The fraction of sp³-hybridized carbons (Fsp3) is 0.182. The van der Waals surface area contributed by atoms with E-state index in [0.29, 0.717) is 22.8 Å². The number of carbonyl (C=O) groups excluding carboxylic acids is 1. The van der Waals surface area contributed by atoms with Crippen molar-refractivity contribution in [3.8, 4) is 11.5 Å². The zero-order chi connectivity index (χ0) is 11.5. The number of methoxy groups -OCH3 is 1. The molecule has 1 heterocycles. The molecule has 0 unspecified atom stereocenters. The minimum absolute atomic E-state index is 0.208. The van der Waals surface area contributed by atoms with Gasteiger partial charge in [-0.05, 0) is 18.2 Å². The summed E-state index contributed by atoms with van der Waals surface area (Å²) < 4.78 is 14.8. The minimum atomic E-state index is -0.491.